The van der Waals surface area contributed by atoms with Gasteiger partial charge in [-0.05, 0) is 67.2 Å². The van der Waals surface area contributed by atoms with Crippen LogP contribution in [0.1, 0.15) is 54.3 Å². The van der Waals surface area contributed by atoms with Crippen LogP contribution in [0.15, 0.2) is 47.0 Å². The number of pyridine rings is 1. The molecular weight excluding hydrogens is 507 g/mol. The van der Waals surface area contributed by atoms with Crippen LogP contribution in [-0.2, 0) is 4.79 Å². The second-order valence-electron chi connectivity index (χ2n) is 9.63. The van der Waals surface area contributed by atoms with Crippen LogP contribution in [0.5, 0.6) is 5.88 Å². The smallest absolute Gasteiger partial charge is 0.422 e. The fraction of sp³-hybridized carbons (Fsp3) is 0.400. The summed E-state index contributed by atoms with van der Waals surface area (Å²) in [6.07, 6.45) is 1.29. The normalized spacial score (nSPS) is 22.6. The van der Waals surface area contributed by atoms with Gasteiger partial charge in [0.25, 0.3) is 0 Å². The highest BCUT2D eigenvalue weighted by Crippen LogP contribution is 2.63. The molecular formula is C25H24F3N5O5. The van der Waals surface area contributed by atoms with E-state index in [1.54, 1.807) is 12.1 Å². The minimum atomic E-state index is -4.47. The number of amides is 1. The minimum absolute atomic E-state index is 0.000983. The number of nitrogens with zero attached hydrogens (tertiary/aromatic N) is 3. The Kier molecular flexibility index (Phi) is 6.67. The molecule has 10 nitrogen and oxygen atoms in total. The van der Waals surface area contributed by atoms with E-state index >= 15 is 0 Å². The summed E-state index contributed by atoms with van der Waals surface area (Å²) >= 11 is 0. The van der Waals surface area contributed by atoms with Gasteiger partial charge in [-0.3, -0.25) is 9.59 Å². The third-order valence-corrected chi connectivity index (χ3v) is 7.10. The molecule has 1 spiro atoms. The van der Waals surface area contributed by atoms with Crippen molar-refractivity contribution in [1.29, 1.82) is 0 Å². The average Bonchev–Trinajstić information content (AvgIpc) is 3.38. The number of hydrogen-bond donors (Lipinski definition) is 3. The van der Waals surface area contributed by atoms with E-state index in [0.29, 0.717) is 17.3 Å². The summed E-state index contributed by atoms with van der Waals surface area (Å²) in [6, 6.07) is 10.0. The largest absolute Gasteiger partial charge is 0.481 e. The van der Waals surface area contributed by atoms with E-state index in [0.717, 1.165) is 37.7 Å². The van der Waals surface area contributed by atoms with Crippen molar-refractivity contribution >= 4 is 29.3 Å². The molecule has 0 radical (unpaired) electrons. The second kappa shape index (κ2) is 9.95. The molecule has 1 aromatic carbocycles. The molecule has 3 aromatic rings. The number of nitrogens with one attached hydrogen (secondary N) is 2. The van der Waals surface area contributed by atoms with Gasteiger partial charge in [0.1, 0.15) is 0 Å². The molecule has 2 aliphatic carbocycles. The highest BCUT2D eigenvalue weighted by molar-refractivity contribution is 6.00. The molecule has 0 bridgehead atoms. The van der Waals surface area contributed by atoms with Gasteiger partial charge in [0.15, 0.2) is 6.61 Å². The Morgan fingerprint density at radius 3 is 2.39 bits per heavy atom. The van der Waals surface area contributed by atoms with Crippen LogP contribution >= 0.6 is 0 Å². The quantitative estimate of drug-likeness (QED) is 0.360. The average molecular weight is 531 g/mol. The number of halogens is 3. The number of aliphatic carboxylic acids is 1. The van der Waals surface area contributed by atoms with Gasteiger partial charge in [-0.2, -0.15) is 13.2 Å². The van der Waals surface area contributed by atoms with E-state index in [-0.39, 0.29) is 29.1 Å². The van der Waals surface area contributed by atoms with E-state index in [2.05, 4.69) is 30.6 Å². The third kappa shape index (κ3) is 5.87. The summed E-state index contributed by atoms with van der Waals surface area (Å²) in [5, 5.41) is 22.1. The van der Waals surface area contributed by atoms with Gasteiger partial charge in [0, 0.05) is 11.8 Å². The summed E-state index contributed by atoms with van der Waals surface area (Å²) < 4.78 is 46.5. The number of carbonyl (C=O) groups excluding carboxylic acids is 1. The summed E-state index contributed by atoms with van der Waals surface area (Å²) in [7, 11) is 0. The zero-order chi connectivity index (χ0) is 26.9. The first-order valence-corrected chi connectivity index (χ1v) is 12.0. The van der Waals surface area contributed by atoms with Crippen LogP contribution < -0.4 is 15.4 Å². The molecule has 3 N–H and O–H groups in total. The van der Waals surface area contributed by atoms with Crippen molar-refractivity contribution in [1.82, 2.24) is 15.2 Å². The van der Waals surface area contributed by atoms with E-state index in [9.17, 15) is 27.9 Å². The fourth-order valence-corrected chi connectivity index (χ4v) is 4.98. The molecule has 1 unspecified atom stereocenters. The molecule has 13 heteroatoms. The van der Waals surface area contributed by atoms with Crippen LogP contribution in [0.3, 0.4) is 0 Å². The predicted molar refractivity (Wildman–Crippen MR) is 127 cm³/mol. The zero-order valence-electron chi connectivity index (χ0n) is 20.0. The molecule has 5 rings (SSSR count). The Morgan fingerprint density at radius 1 is 1.08 bits per heavy atom. The Balaban J connectivity index is 1.11. The lowest BCUT2D eigenvalue weighted by molar-refractivity contribution is -0.154. The van der Waals surface area contributed by atoms with Gasteiger partial charge in [-0.25, -0.2) is 4.98 Å². The van der Waals surface area contributed by atoms with Gasteiger partial charge >= 0.3 is 30.0 Å². The number of ether oxygens (including phenoxy) is 1. The molecule has 38 heavy (non-hydrogen) atoms. The number of carboxylic acid groups (broad SMARTS) is 1. The summed E-state index contributed by atoms with van der Waals surface area (Å²) in [5.74, 6) is -1.61. The number of carboxylic acids is 1. The van der Waals surface area contributed by atoms with Crippen LogP contribution in [0.25, 0.3) is 0 Å². The van der Waals surface area contributed by atoms with Crippen LogP contribution in [0.2, 0.25) is 0 Å². The van der Waals surface area contributed by atoms with Crippen molar-refractivity contribution in [3.05, 3.63) is 54.0 Å². The maximum atomic E-state index is 12.5. The maximum Gasteiger partial charge on any atom is 0.422 e. The fourth-order valence-electron chi connectivity index (χ4n) is 4.98. The van der Waals surface area contributed by atoms with Gasteiger partial charge in [0.2, 0.25) is 5.88 Å². The number of benzene rings is 1. The number of aromatic nitrogens is 3. The van der Waals surface area contributed by atoms with E-state index < -0.39 is 24.7 Å². The molecule has 2 saturated carbocycles. The molecule has 200 valence electrons. The number of anilines is 3. The lowest BCUT2D eigenvalue weighted by Gasteiger charge is -2.29. The maximum absolute atomic E-state index is 12.5. The molecule has 0 saturated heterocycles. The molecule has 2 fully saturated rings. The monoisotopic (exact) mass is 531 g/mol. The van der Waals surface area contributed by atoms with Gasteiger partial charge in [-0.15, -0.1) is 5.10 Å². The van der Waals surface area contributed by atoms with Crippen LogP contribution in [-0.4, -0.2) is 44.9 Å². The molecule has 1 atom stereocenters. The van der Waals surface area contributed by atoms with Crippen molar-refractivity contribution in [2.45, 2.75) is 44.2 Å². The van der Waals surface area contributed by atoms with Crippen molar-refractivity contribution in [2.75, 3.05) is 17.2 Å². The molecule has 2 aromatic heterocycles. The molecule has 2 heterocycles. The Labute approximate surface area is 214 Å². The first-order chi connectivity index (χ1) is 18.1. The first kappa shape index (κ1) is 25.5. The summed E-state index contributed by atoms with van der Waals surface area (Å²) in [5.41, 5.74) is 2.03. The standard InChI is InChI=1S/C25H24F3N5O5/c26-25(27,28)13-37-19-6-5-17(12-29-19)31-23-33-32-21(38-23)20(34)30-16-3-1-14(2-4-16)15-7-9-24(10-8-15)11-18(24)22(35)36/h1-6,12,15,18H,7-11,13H2,(H,30,34)(H,31,33)(H,35,36). The Bertz CT molecular complexity index is 1300. The number of hydrogen-bond acceptors (Lipinski definition) is 8. The minimum Gasteiger partial charge on any atom is -0.481 e. The van der Waals surface area contributed by atoms with E-state index in [1.807, 2.05) is 12.1 Å². The molecule has 0 aliphatic heterocycles. The zero-order valence-corrected chi connectivity index (χ0v) is 20.0. The van der Waals surface area contributed by atoms with Crippen molar-refractivity contribution in [3.8, 4) is 5.88 Å². The summed E-state index contributed by atoms with van der Waals surface area (Å²) in [6.45, 7) is -1.45. The van der Waals surface area contributed by atoms with Gasteiger partial charge in [-0.1, -0.05) is 17.2 Å². The van der Waals surface area contributed by atoms with Crippen molar-refractivity contribution < 1.29 is 37.0 Å². The van der Waals surface area contributed by atoms with Crippen LogP contribution in [0, 0.1) is 11.3 Å². The lowest BCUT2D eigenvalue weighted by atomic mass is 9.76. The first-order valence-electron chi connectivity index (χ1n) is 12.0. The Morgan fingerprint density at radius 2 is 1.79 bits per heavy atom. The SMILES string of the molecule is O=C(Nc1ccc(C2CCC3(CC2)CC3C(=O)O)cc1)c1nnc(Nc2ccc(OCC(F)(F)F)nc2)o1. The Hall–Kier alpha value is -4.16. The van der Waals surface area contributed by atoms with Gasteiger partial charge < -0.3 is 24.9 Å². The van der Waals surface area contributed by atoms with Crippen molar-refractivity contribution in [3.63, 3.8) is 0 Å². The van der Waals surface area contributed by atoms with Crippen molar-refractivity contribution in [2.24, 2.45) is 11.3 Å². The van der Waals surface area contributed by atoms with Gasteiger partial charge in [0.05, 0.1) is 17.8 Å². The van der Waals surface area contributed by atoms with E-state index in [4.69, 9.17) is 4.42 Å². The lowest BCUT2D eigenvalue weighted by Crippen LogP contribution is -2.19. The second-order valence-corrected chi connectivity index (χ2v) is 9.63. The topological polar surface area (TPSA) is 139 Å². The van der Waals surface area contributed by atoms with Crippen LogP contribution in [0.4, 0.5) is 30.6 Å². The highest BCUT2D eigenvalue weighted by atomic mass is 19.4. The summed E-state index contributed by atoms with van der Waals surface area (Å²) in [4.78, 5) is 27.5. The number of rotatable bonds is 8. The third-order valence-electron chi connectivity index (χ3n) is 7.10. The number of alkyl halides is 3. The molecule has 1 amide bonds. The van der Waals surface area contributed by atoms with E-state index in [1.165, 1.54) is 18.3 Å². The highest BCUT2D eigenvalue weighted by Gasteiger charge is 2.58. The number of carbonyl (C=O) groups is 2. The predicted octanol–water partition coefficient (Wildman–Crippen LogP) is 5.15. The molecule has 2 aliphatic rings.